The lowest BCUT2D eigenvalue weighted by Gasteiger charge is -2.16. The Morgan fingerprint density at radius 2 is 2.00 bits per heavy atom. The van der Waals surface area contributed by atoms with Crippen LogP contribution in [0.25, 0.3) is 0 Å². The molecule has 1 aromatic rings. The molecule has 0 aliphatic rings. The van der Waals surface area contributed by atoms with Crippen LogP contribution < -0.4 is 5.73 Å². The Hall–Kier alpha value is -1.05. The molecule has 0 radical (unpaired) electrons. The quantitative estimate of drug-likeness (QED) is 0.663. The fourth-order valence-corrected chi connectivity index (χ4v) is 1.78. The third-order valence-corrected chi connectivity index (χ3v) is 2.75. The first kappa shape index (κ1) is 19.9. The van der Waals surface area contributed by atoms with Crippen molar-refractivity contribution in [3.8, 4) is 0 Å². The zero-order valence-corrected chi connectivity index (χ0v) is 12.4. The van der Waals surface area contributed by atoms with E-state index in [1.165, 1.54) is 0 Å². The van der Waals surface area contributed by atoms with Crippen LogP contribution in [0, 0.1) is 5.82 Å². The van der Waals surface area contributed by atoms with Gasteiger partial charge in [0.2, 0.25) is 0 Å². The normalized spacial score (nSPS) is 12.5. The molecule has 0 saturated carbocycles. The number of benzene rings is 1. The number of carbonyl (C=O) groups excluding carboxylic acids is 1. The van der Waals surface area contributed by atoms with Crippen LogP contribution in [0.4, 0.5) is 17.6 Å². The van der Waals surface area contributed by atoms with E-state index in [2.05, 4.69) is 4.74 Å². The first-order valence-electron chi connectivity index (χ1n) is 5.64. The Labute approximate surface area is 129 Å². The number of rotatable bonds is 4. The summed E-state index contributed by atoms with van der Waals surface area (Å²) in [5.41, 5.74) is 3.94. The topological polar surface area (TPSA) is 52.3 Å². The van der Waals surface area contributed by atoms with Crippen molar-refractivity contribution < 1.29 is 27.1 Å². The molecule has 1 aromatic carbocycles. The van der Waals surface area contributed by atoms with Crippen molar-refractivity contribution in [1.82, 2.24) is 0 Å². The van der Waals surface area contributed by atoms with Gasteiger partial charge in [0.25, 0.3) is 0 Å². The first-order valence-corrected chi connectivity index (χ1v) is 6.02. The van der Waals surface area contributed by atoms with Crippen molar-refractivity contribution in [3.63, 3.8) is 0 Å². The molecule has 1 rings (SSSR count). The standard InChI is InChI=1S/C12H12ClF4NO2.ClH/c1-2-20-10(19)5-9(18)7-3-6(12(15,16)17)4-8(13)11(7)14;/h3-4,9H,2,5,18H2,1H3;1H/t9-;/m1./s1. The lowest BCUT2D eigenvalue weighted by atomic mass is 10.0. The minimum Gasteiger partial charge on any atom is -0.466 e. The van der Waals surface area contributed by atoms with Gasteiger partial charge in [0.1, 0.15) is 5.82 Å². The second-order valence-electron chi connectivity index (χ2n) is 3.97. The van der Waals surface area contributed by atoms with Gasteiger partial charge in [0.15, 0.2) is 0 Å². The molecular formula is C12H13Cl2F4NO2. The maximum absolute atomic E-state index is 13.7. The third-order valence-electron chi connectivity index (χ3n) is 2.48. The van der Waals surface area contributed by atoms with Gasteiger partial charge < -0.3 is 10.5 Å². The van der Waals surface area contributed by atoms with Gasteiger partial charge in [-0.1, -0.05) is 11.6 Å². The molecule has 0 aliphatic carbocycles. The van der Waals surface area contributed by atoms with Crippen LogP contribution in [0.3, 0.4) is 0 Å². The number of halogens is 6. The van der Waals surface area contributed by atoms with Crippen LogP contribution in [0.2, 0.25) is 5.02 Å². The van der Waals surface area contributed by atoms with E-state index in [9.17, 15) is 22.4 Å². The highest BCUT2D eigenvalue weighted by atomic mass is 35.5. The van der Waals surface area contributed by atoms with Gasteiger partial charge in [-0.15, -0.1) is 12.4 Å². The van der Waals surface area contributed by atoms with Crippen molar-refractivity contribution in [2.45, 2.75) is 25.6 Å². The van der Waals surface area contributed by atoms with E-state index in [1.807, 2.05) is 0 Å². The summed E-state index contributed by atoms with van der Waals surface area (Å²) in [6, 6.07) is -0.253. The fraction of sp³-hybridized carbons (Fsp3) is 0.417. The summed E-state index contributed by atoms with van der Waals surface area (Å²) >= 11 is 5.42. The second-order valence-corrected chi connectivity index (χ2v) is 4.38. The van der Waals surface area contributed by atoms with Gasteiger partial charge in [-0.2, -0.15) is 13.2 Å². The monoisotopic (exact) mass is 349 g/mol. The Morgan fingerprint density at radius 1 is 1.43 bits per heavy atom. The number of carbonyl (C=O) groups is 1. The van der Waals surface area contributed by atoms with E-state index in [1.54, 1.807) is 6.92 Å². The summed E-state index contributed by atoms with van der Waals surface area (Å²) in [5.74, 6) is -1.80. The number of alkyl halides is 3. The zero-order valence-electron chi connectivity index (χ0n) is 10.8. The molecule has 0 spiro atoms. The number of nitrogens with two attached hydrogens (primary N) is 1. The van der Waals surface area contributed by atoms with Crippen LogP contribution in [0.5, 0.6) is 0 Å². The number of hydrogen-bond acceptors (Lipinski definition) is 3. The van der Waals surface area contributed by atoms with Gasteiger partial charge in [0, 0.05) is 11.6 Å². The molecule has 1 atom stereocenters. The lowest BCUT2D eigenvalue weighted by molar-refractivity contribution is -0.143. The molecule has 0 bridgehead atoms. The predicted octanol–water partition coefficient (Wildman–Crippen LogP) is 3.87. The van der Waals surface area contributed by atoms with Gasteiger partial charge in [-0.05, 0) is 19.1 Å². The third kappa shape index (κ3) is 5.33. The predicted molar refractivity (Wildman–Crippen MR) is 71.8 cm³/mol. The van der Waals surface area contributed by atoms with E-state index in [4.69, 9.17) is 17.3 Å². The van der Waals surface area contributed by atoms with Crippen molar-refractivity contribution in [2.24, 2.45) is 5.73 Å². The van der Waals surface area contributed by atoms with E-state index in [-0.39, 0.29) is 19.0 Å². The Morgan fingerprint density at radius 3 is 2.48 bits per heavy atom. The van der Waals surface area contributed by atoms with Crippen molar-refractivity contribution >= 4 is 30.0 Å². The van der Waals surface area contributed by atoms with Crippen molar-refractivity contribution in [2.75, 3.05) is 6.61 Å². The van der Waals surface area contributed by atoms with Gasteiger partial charge >= 0.3 is 12.1 Å². The minimum atomic E-state index is -4.68. The molecule has 0 aromatic heterocycles. The highest BCUT2D eigenvalue weighted by Crippen LogP contribution is 2.35. The number of hydrogen-bond donors (Lipinski definition) is 1. The van der Waals surface area contributed by atoms with Crippen LogP contribution in [-0.4, -0.2) is 12.6 Å². The molecule has 2 N–H and O–H groups in total. The fourth-order valence-electron chi connectivity index (χ4n) is 1.55. The minimum absolute atomic E-state index is 0. The van der Waals surface area contributed by atoms with Crippen molar-refractivity contribution in [3.05, 3.63) is 34.1 Å². The number of esters is 1. The molecule has 0 unspecified atom stereocenters. The molecule has 3 nitrogen and oxygen atoms in total. The molecule has 21 heavy (non-hydrogen) atoms. The van der Waals surface area contributed by atoms with Crippen LogP contribution in [0.15, 0.2) is 12.1 Å². The lowest BCUT2D eigenvalue weighted by Crippen LogP contribution is -2.19. The maximum Gasteiger partial charge on any atom is 0.416 e. The van der Waals surface area contributed by atoms with Crippen LogP contribution in [-0.2, 0) is 15.7 Å². The highest BCUT2D eigenvalue weighted by molar-refractivity contribution is 6.30. The Bertz CT molecular complexity index is 509. The summed E-state index contributed by atoms with van der Waals surface area (Å²) in [6.07, 6.45) is -5.13. The van der Waals surface area contributed by atoms with Gasteiger partial charge in [-0.25, -0.2) is 4.39 Å². The summed E-state index contributed by atoms with van der Waals surface area (Å²) in [5, 5.41) is -0.700. The second kappa shape index (κ2) is 7.82. The average molecular weight is 350 g/mol. The number of ether oxygens (including phenoxy) is 1. The molecule has 9 heteroatoms. The molecular weight excluding hydrogens is 337 g/mol. The largest absolute Gasteiger partial charge is 0.466 e. The van der Waals surface area contributed by atoms with Crippen LogP contribution in [0.1, 0.15) is 30.5 Å². The molecule has 0 aliphatic heterocycles. The van der Waals surface area contributed by atoms with Crippen LogP contribution >= 0.6 is 24.0 Å². The molecule has 0 fully saturated rings. The van der Waals surface area contributed by atoms with E-state index in [0.29, 0.717) is 12.1 Å². The zero-order chi connectivity index (χ0) is 15.5. The Kier molecular flexibility index (Phi) is 7.43. The summed E-state index contributed by atoms with van der Waals surface area (Å²) in [7, 11) is 0. The molecule has 0 heterocycles. The van der Waals surface area contributed by atoms with E-state index < -0.39 is 46.6 Å². The van der Waals surface area contributed by atoms with Gasteiger partial charge in [-0.3, -0.25) is 4.79 Å². The average Bonchev–Trinajstić information content (AvgIpc) is 2.31. The Balaban J connectivity index is 0.00000400. The van der Waals surface area contributed by atoms with Crippen molar-refractivity contribution in [1.29, 1.82) is 0 Å². The van der Waals surface area contributed by atoms with Gasteiger partial charge in [0.05, 0.1) is 23.6 Å². The van der Waals surface area contributed by atoms with E-state index >= 15 is 0 Å². The summed E-state index contributed by atoms with van der Waals surface area (Å²) in [6.45, 7) is 1.66. The highest BCUT2D eigenvalue weighted by Gasteiger charge is 2.33. The molecule has 0 amide bonds. The summed E-state index contributed by atoms with van der Waals surface area (Å²) < 4.78 is 56.2. The summed E-state index contributed by atoms with van der Waals surface area (Å²) in [4.78, 5) is 11.2. The molecule has 0 saturated heterocycles. The van der Waals surface area contributed by atoms with E-state index in [0.717, 1.165) is 0 Å². The smallest absolute Gasteiger partial charge is 0.416 e. The maximum atomic E-state index is 13.7. The molecule has 120 valence electrons. The SMILES string of the molecule is CCOC(=O)C[C@@H](N)c1cc(C(F)(F)F)cc(Cl)c1F.Cl. The first-order chi connectivity index (χ1) is 9.16.